The predicted octanol–water partition coefficient (Wildman–Crippen LogP) is 2.59. The van der Waals surface area contributed by atoms with Gasteiger partial charge >= 0.3 is 0 Å². The van der Waals surface area contributed by atoms with Crippen LogP contribution in [0.5, 0.6) is 0 Å². The maximum atomic E-state index is 6.19. The first-order valence-electron chi connectivity index (χ1n) is 5.38. The molecule has 2 nitrogen and oxygen atoms in total. The lowest BCUT2D eigenvalue weighted by Crippen LogP contribution is -2.17. The molecular weight excluding hydrogens is 184 g/mol. The van der Waals surface area contributed by atoms with Crippen molar-refractivity contribution >= 4 is 0 Å². The van der Waals surface area contributed by atoms with E-state index in [2.05, 4.69) is 31.3 Å². The summed E-state index contributed by atoms with van der Waals surface area (Å²) < 4.78 is 0. The lowest BCUT2D eigenvalue weighted by Gasteiger charge is -2.17. The molecule has 0 aromatic heterocycles. The summed E-state index contributed by atoms with van der Waals surface area (Å²) in [4.78, 5) is 0. The van der Waals surface area contributed by atoms with Gasteiger partial charge in [0.25, 0.3) is 0 Å². The van der Waals surface area contributed by atoms with Gasteiger partial charge in [-0.1, -0.05) is 37.3 Å². The number of benzene rings is 1. The third kappa shape index (κ3) is 2.83. The van der Waals surface area contributed by atoms with Crippen molar-refractivity contribution in [3.05, 3.63) is 47.2 Å². The van der Waals surface area contributed by atoms with E-state index in [1.807, 2.05) is 25.2 Å². The summed E-state index contributed by atoms with van der Waals surface area (Å²) in [6.07, 6.45) is 0.989. The highest BCUT2D eigenvalue weighted by atomic mass is 14.8. The van der Waals surface area contributed by atoms with Gasteiger partial charge in [-0.3, -0.25) is 0 Å². The molecular formula is C13H20N2. The Morgan fingerprint density at radius 2 is 1.93 bits per heavy atom. The number of nitrogens with two attached hydrogens (primary N) is 1. The Bertz CT molecular complexity index is 322. The monoisotopic (exact) mass is 204 g/mol. The summed E-state index contributed by atoms with van der Waals surface area (Å²) in [5.74, 6) is 0. The summed E-state index contributed by atoms with van der Waals surface area (Å²) in [7, 11) is 1.94. The standard InChI is InChI=1S/C13H20N2/c1-4-12(15-3)10(2)13(14)11-8-6-5-7-9-11/h5-9,13,15H,4,14H2,1-3H3/b12-10-. The van der Waals surface area contributed by atoms with Crippen molar-refractivity contribution in [2.24, 2.45) is 5.73 Å². The number of nitrogens with one attached hydrogen (secondary N) is 1. The van der Waals surface area contributed by atoms with Crippen molar-refractivity contribution in [2.45, 2.75) is 26.3 Å². The van der Waals surface area contributed by atoms with Crippen LogP contribution >= 0.6 is 0 Å². The molecule has 3 N–H and O–H groups in total. The minimum Gasteiger partial charge on any atom is -0.391 e. The Balaban J connectivity index is 2.94. The Morgan fingerprint density at radius 3 is 2.40 bits per heavy atom. The Morgan fingerprint density at radius 1 is 1.33 bits per heavy atom. The third-order valence-electron chi connectivity index (χ3n) is 2.76. The normalized spacial score (nSPS) is 14.4. The molecule has 0 saturated carbocycles. The molecule has 82 valence electrons. The number of rotatable bonds is 4. The first-order chi connectivity index (χ1) is 7.20. The van der Waals surface area contributed by atoms with Crippen molar-refractivity contribution in [1.82, 2.24) is 5.32 Å². The fraction of sp³-hybridized carbons (Fsp3) is 0.385. The van der Waals surface area contributed by atoms with E-state index in [9.17, 15) is 0 Å². The maximum Gasteiger partial charge on any atom is 0.0527 e. The van der Waals surface area contributed by atoms with Gasteiger partial charge in [0, 0.05) is 12.7 Å². The number of hydrogen-bond acceptors (Lipinski definition) is 2. The van der Waals surface area contributed by atoms with Gasteiger partial charge in [-0.25, -0.2) is 0 Å². The second-order valence-corrected chi connectivity index (χ2v) is 3.65. The van der Waals surface area contributed by atoms with Crippen LogP contribution in [0, 0.1) is 0 Å². The van der Waals surface area contributed by atoms with Crippen LogP contribution in [0.2, 0.25) is 0 Å². The van der Waals surface area contributed by atoms with E-state index in [1.54, 1.807) is 0 Å². The lowest BCUT2D eigenvalue weighted by atomic mass is 9.98. The van der Waals surface area contributed by atoms with Crippen molar-refractivity contribution in [3.63, 3.8) is 0 Å². The zero-order valence-corrected chi connectivity index (χ0v) is 9.75. The van der Waals surface area contributed by atoms with E-state index in [1.165, 1.54) is 11.3 Å². The van der Waals surface area contributed by atoms with E-state index < -0.39 is 0 Å². The maximum absolute atomic E-state index is 6.19. The second kappa shape index (κ2) is 5.56. The minimum absolute atomic E-state index is 0.00593. The largest absolute Gasteiger partial charge is 0.391 e. The molecule has 1 rings (SSSR count). The van der Waals surface area contributed by atoms with Crippen LogP contribution in [-0.4, -0.2) is 7.05 Å². The quantitative estimate of drug-likeness (QED) is 0.791. The molecule has 0 saturated heterocycles. The predicted molar refractivity (Wildman–Crippen MR) is 65.4 cm³/mol. The van der Waals surface area contributed by atoms with Crippen LogP contribution in [0.3, 0.4) is 0 Å². The van der Waals surface area contributed by atoms with Crippen LogP contribution in [0.1, 0.15) is 31.9 Å². The summed E-state index contributed by atoms with van der Waals surface area (Å²) >= 11 is 0. The summed E-state index contributed by atoms with van der Waals surface area (Å²) in [5.41, 5.74) is 9.80. The summed E-state index contributed by atoms with van der Waals surface area (Å²) in [5, 5.41) is 3.20. The molecule has 0 aliphatic heterocycles. The second-order valence-electron chi connectivity index (χ2n) is 3.65. The zero-order valence-electron chi connectivity index (χ0n) is 9.75. The van der Waals surface area contributed by atoms with Crippen molar-refractivity contribution in [2.75, 3.05) is 7.05 Å². The van der Waals surface area contributed by atoms with Crippen LogP contribution < -0.4 is 11.1 Å². The van der Waals surface area contributed by atoms with E-state index >= 15 is 0 Å². The van der Waals surface area contributed by atoms with Gasteiger partial charge in [0.05, 0.1) is 6.04 Å². The average Bonchev–Trinajstić information content (AvgIpc) is 2.30. The Kier molecular flexibility index (Phi) is 4.37. The number of hydrogen-bond donors (Lipinski definition) is 2. The molecule has 15 heavy (non-hydrogen) atoms. The molecule has 1 aromatic rings. The van der Waals surface area contributed by atoms with Crippen molar-refractivity contribution < 1.29 is 0 Å². The fourth-order valence-electron chi connectivity index (χ4n) is 1.75. The summed E-state index contributed by atoms with van der Waals surface area (Å²) in [6.45, 7) is 4.22. The fourth-order valence-corrected chi connectivity index (χ4v) is 1.75. The summed E-state index contributed by atoms with van der Waals surface area (Å²) in [6, 6.07) is 10.2. The van der Waals surface area contributed by atoms with Crippen molar-refractivity contribution in [1.29, 1.82) is 0 Å². The molecule has 0 amide bonds. The molecule has 0 bridgehead atoms. The first-order valence-corrected chi connectivity index (χ1v) is 5.38. The third-order valence-corrected chi connectivity index (χ3v) is 2.76. The molecule has 2 heteroatoms. The van der Waals surface area contributed by atoms with E-state index in [4.69, 9.17) is 5.73 Å². The first kappa shape index (κ1) is 11.8. The highest BCUT2D eigenvalue weighted by Gasteiger charge is 2.10. The molecule has 0 aliphatic carbocycles. The molecule has 1 unspecified atom stereocenters. The molecule has 0 fully saturated rings. The van der Waals surface area contributed by atoms with Gasteiger partial charge in [0.2, 0.25) is 0 Å². The van der Waals surface area contributed by atoms with Gasteiger partial charge < -0.3 is 11.1 Å². The van der Waals surface area contributed by atoms with Gasteiger partial charge in [0.15, 0.2) is 0 Å². The SMILES string of the molecule is CC/C(NC)=C(\C)C(N)c1ccccc1. The molecule has 0 aliphatic rings. The van der Waals surface area contributed by atoms with Gasteiger partial charge in [-0.15, -0.1) is 0 Å². The highest BCUT2D eigenvalue weighted by molar-refractivity contribution is 5.28. The molecule has 0 heterocycles. The molecule has 0 spiro atoms. The van der Waals surface area contributed by atoms with E-state index in [-0.39, 0.29) is 6.04 Å². The van der Waals surface area contributed by atoms with Gasteiger partial charge in [-0.2, -0.15) is 0 Å². The van der Waals surface area contributed by atoms with Crippen LogP contribution in [0.25, 0.3) is 0 Å². The van der Waals surface area contributed by atoms with Gasteiger partial charge in [-0.05, 0) is 24.5 Å². The highest BCUT2D eigenvalue weighted by Crippen LogP contribution is 2.21. The van der Waals surface area contributed by atoms with E-state index in [0.717, 1.165) is 12.0 Å². The van der Waals surface area contributed by atoms with Crippen molar-refractivity contribution in [3.8, 4) is 0 Å². The van der Waals surface area contributed by atoms with Crippen LogP contribution in [-0.2, 0) is 0 Å². The van der Waals surface area contributed by atoms with E-state index in [0.29, 0.717) is 0 Å². The minimum atomic E-state index is -0.00593. The average molecular weight is 204 g/mol. The molecule has 1 aromatic carbocycles. The molecule has 0 radical (unpaired) electrons. The molecule has 1 atom stereocenters. The van der Waals surface area contributed by atoms with Gasteiger partial charge in [0.1, 0.15) is 0 Å². The Labute approximate surface area is 92.2 Å². The lowest BCUT2D eigenvalue weighted by molar-refractivity contribution is 0.775. The number of allylic oxidation sites excluding steroid dienone is 1. The Hall–Kier alpha value is -1.28. The zero-order chi connectivity index (χ0) is 11.3. The van der Waals surface area contributed by atoms with Crippen LogP contribution in [0.15, 0.2) is 41.6 Å². The smallest absolute Gasteiger partial charge is 0.0527 e. The topological polar surface area (TPSA) is 38.0 Å². The van der Waals surface area contributed by atoms with Crippen LogP contribution in [0.4, 0.5) is 0 Å².